The van der Waals surface area contributed by atoms with Gasteiger partial charge in [0.15, 0.2) is 0 Å². The van der Waals surface area contributed by atoms with E-state index in [4.69, 9.17) is 9.47 Å². The lowest BCUT2D eigenvalue weighted by Crippen LogP contribution is -2.13. The van der Waals surface area contributed by atoms with Gasteiger partial charge in [0.2, 0.25) is 0 Å². The zero-order chi connectivity index (χ0) is 19.3. The van der Waals surface area contributed by atoms with Crippen LogP contribution in [-0.4, -0.2) is 28.4 Å². The van der Waals surface area contributed by atoms with Crippen LogP contribution in [0.1, 0.15) is 27.6 Å². The Hall–Kier alpha value is -3.82. The zero-order valence-corrected chi connectivity index (χ0v) is 13.4. The van der Waals surface area contributed by atoms with Crippen molar-refractivity contribution in [2.45, 2.75) is 6.92 Å². The van der Waals surface area contributed by atoms with Crippen molar-refractivity contribution in [3.63, 3.8) is 0 Å². The van der Waals surface area contributed by atoms with Crippen LogP contribution in [0.2, 0.25) is 0 Å². The largest absolute Gasteiger partial charge is 0.462 e. The van der Waals surface area contributed by atoms with Gasteiger partial charge in [0.1, 0.15) is 11.3 Å². The zero-order valence-electron chi connectivity index (χ0n) is 13.4. The third kappa shape index (κ3) is 4.17. The smallest absolute Gasteiger partial charge is 0.344 e. The van der Waals surface area contributed by atoms with E-state index in [0.29, 0.717) is 0 Å². The second kappa shape index (κ2) is 7.83. The molecule has 0 aliphatic heterocycles. The maximum Gasteiger partial charge on any atom is 0.344 e. The predicted octanol–water partition coefficient (Wildman–Crippen LogP) is 2.90. The Morgan fingerprint density at radius 2 is 1.54 bits per heavy atom. The number of para-hydroxylation sites is 1. The van der Waals surface area contributed by atoms with E-state index in [0.717, 1.165) is 18.2 Å². The van der Waals surface area contributed by atoms with Crippen LogP contribution in [0, 0.1) is 20.2 Å². The molecule has 0 N–H and O–H groups in total. The molecule has 0 aromatic heterocycles. The number of rotatable bonds is 6. The molecule has 0 spiro atoms. The summed E-state index contributed by atoms with van der Waals surface area (Å²) in [6, 6.07) is 8.16. The average Bonchev–Trinajstić information content (AvgIpc) is 2.61. The van der Waals surface area contributed by atoms with E-state index in [1.165, 1.54) is 24.3 Å². The maximum absolute atomic E-state index is 12.3. The number of nitro groups is 2. The third-order valence-electron chi connectivity index (χ3n) is 3.14. The molecular formula is C16H12N2O8. The molecule has 134 valence electrons. The van der Waals surface area contributed by atoms with Gasteiger partial charge in [-0.1, -0.05) is 12.1 Å². The molecule has 2 aromatic rings. The molecule has 0 radical (unpaired) electrons. The summed E-state index contributed by atoms with van der Waals surface area (Å²) in [5, 5.41) is 21.8. The summed E-state index contributed by atoms with van der Waals surface area (Å²) >= 11 is 0. The normalized spacial score (nSPS) is 10.0. The summed E-state index contributed by atoms with van der Waals surface area (Å²) < 4.78 is 9.93. The molecule has 0 aliphatic carbocycles. The summed E-state index contributed by atoms with van der Waals surface area (Å²) in [7, 11) is 0. The third-order valence-corrected chi connectivity index (χ3v) is 3.14. The molecule has 2 rings (SSSR count). The average molecular weight is 360 g/mol. The first kappa shape index (κ1) is 18.5. The molecular weight excluding hydrogens is 348 g/mol. The first-order valence-electron chi connectivity index (χ1n) is 7.25. The Kier molecular flexibility index (Phi) is 5.58. The Morgan fingerprint density at radius 3 is 2.08 bits per heavy atom. The minimum Gasteiger partial charge on any atom is -0.462 e. The number of nitrogens with zero attached hydrogens (tertiary/aromatic N) is 2. The van der Waals surface area contributed by atoms with Crippen LogP contribution >= 0.6 is 0 Å². The number of hydrogen-bond acceptors (Lipinski definition) is 8. The number of carbonyl (C=O) groups is 2. The van der Waals surface area contributed by atoms with Gasteiger partial charge in [-0.15, -0.1) is 0 Å². The van der Waals surface area contributed by atoms with Crippen molar-refractivity contribution in [2.75, 3.05) is 6.61 Å². The van der Waals surface area contributed by atoms with Crippen LogP contribution in [0.5, 0.6) is 5.75 Å². The molecule has 10 heteroatoms. The van der Waals surface area contributed by atoms with E-state index < -0.39 is 38.7 Å². The molecule has 26 heavy (non-hydrogen) atoms. The van der Waals surface area contributed by atoms with Gasteiger partial charge in [-0.2, -0.15) is 0 Å². The second-order valence-corrected chi connectivity index (χ2v) is 4.86. The highest BCUT2D eigenvalue weighted by molar-refractivity contribution is 5.96. The molecule has 0 fully saturated rings. The summed E-state index contributed by atoms with van der Waals surface area (Å²) in [4.78, 5) is 44.2. The van der Waals surface area contributed by atoms with Gasteiger partial charge in [0.25, 0.3) is 11.4 Å². The minimum atomic E-state index is -1.09. The van der Waals surface area contributed by atoms with E-state index in [1.54, 1.807) is 6.92 Å². The minimum absolute atomic E-state index is 0.0253. The predicted molar refractivity (Wildman–Crippen MR) is 87.1 cm³/mol. The molecule has 0 saturated heterocycles. The van der Waals surface area contributed by atoms with E-state index >= 15 is 0 Å². The number of esters is 2. The van der Waals surface area contributed by atoms with Crippen molar-refractivity contribution in [1.29, 1.82) is 0 Å². The highest BCUT2D eigenvalue weighted by Gasteiger charge is 2.22. The van der Waals surface area contributed by atoms with Gasteiger partial charge < -0.3 is 9.47 Å². The van der Waals surface area contributed by atoms with Gasteiger partial charge in [0, 0.05) is 12.1 Å². The first-order chi connectivity index (χ1) is 12.3. The van der Waals surface area contributed by atoms with Gasteiger partial charge in [-0.25, -0.2) is 9.59 Å². The summed E-state index contributed by atoms with van der Waals surface area (Å²) in [6.07, 6.45) is 0. The highest BCUT2D eigenvalue weighted by Crippen LogP contribution is 2.25. The van der Waals surface area contributed by atoms with E-state index in [-0.39, 0.29) is 17.9 Å². The number of hydrogen-bond donors (Lipinski definition) is 0. The molecule has 0 saturated carbocycles. The van der Waals surface area contributed by atoms with Crippen molar-refractivity contribution in [3.05, 3.63) is 73.8 Å². The van der Waals surface area contributed by atoms with Crippen LogP contribution < -0.4 is 4.74 Å². The van der Waals surface area contributed by atoms with Crippen molar-refractivity contribution in [1.82, 2.24) is 0 Å². The SMILES string of the molecule is CCOC(=O)c1ccccc1OC(=O)c1cc([N+](=O)[O-])cc([N+](=O)[O-])c1. The van der Waals surface area contributed by atoms with Gasteiger partial charge >= 0.3 is 11.9 Å². The number of benzene rings is 2. The lowest BCUT2D eigenvalue weighted by Gasteiger charge is -2.09. The Morgan fingerprint density at radius 1 is 0.962 bits per heavy atom. The molecule has 0 amide bonds. The topological polar surface area (TPSA) is 139 Å². The number of carbonyl (C=O) groups excluding carboxylic acids is 2. The van der Waals surface area contributed by atoms with Crippen LogP contribution in [0.15, 0.2) is 42.5 Å². The second-order valence-electron chi connectivity index (χ2n) is 4.86. The van der Waals surface area contributed by atoms with Gasteiger partial charge in [0.05, 0.1) is 28.1 Å². The number of nitro benzene ring substituents is 2. The standard InChI is InChI=1S/C16H12N2O8/c1-2-25-16(20)13-5-3-4-6-14(13)26-15(19)10-7-11(17(21)22)9-12(8-10)18(23)24/h3-9H,2H2,1H3. The molecule has 0 bridgehead atoms. The highest BCUT2D eigenvalue weighted by atomic mass is 16.6. The Bertz CT molecular complexity index is 861. The fourth-order valence-electron chi connectivity index (χ4n) is 2.02. The first-order valence-corrected chi connectivity index (χ1v) is 7.25. The maximum atomic E-state index is 12.3. The number of ether oxygens (including phenoxy) is 2. The lowest BCUT2D eigenvalue weighted by molar-refractivity contribution is -0.394. The van der Waals surface area contributed by atoms with Crippen molar-refractivity contribution >= 4 is 23.3 Å². The molecule has 2 aromatic carbocycles. The molecule has 0 unspecified atom stereocenters. The van der Waals surface area contributed by atoms with Gasteiger partial charge in [-0.3, -0.25) is 20.2 Å². The van der Waals surface area contributed by atoms with Crippen LogP contribution in [0.25, 0.3) is 0 Å². The molecule has 0 heterocycles. The van der Waals surface area contributed by atoms with Crippen LogP contribution in [0.3, 0.4) is 0 Å². The molecule has 0 aliphatic rings. The fraction of sp³-hybridized carbons (Fsp3) is 0.125. The fourth-order valence-corrected chi connectivity index (χ4v) is 2.02. The van der Waals surface area contributed by atoms with E-state index in [9.17, 15) is 29.8 Å². The van der Waals surface area contributed by atoms with E-state index in [2.05, 4.69) is 0 Å². The lowest BCUT2D eigenvalue weighted by atomic mass is 10.1. The number of non-ortho nitro benzene ring substituents is 2. The van der Waals surface area contributed by atoms with Crippen LogP contribution in [-0.2, 0) is 4.74 Å². The van der Waals surface area contributed by atoms with Crippen LogP contribution in [0.4, 0.5) is 11.4 Å². The quantitative estimate of drug-likeness (QED) is 0.331. The van der Waals surface area contributed by atoms with Crippen molar-refractivity contribution < 1.29 is 28.9 Å². The summed E-state index contributed by atoms with van der Waals surface area (Å²) in [5.74, 6) is -1.94. The summed E-state index contributed by atoms with van der Waals surface area (Å²) in [6.45, 7) is 1.72. The molecule has 0 atom stereocenters. The van der Waals surface area contributed by atoms with E-state index in [1.807, 2.05) is 0 Å². The Balaban J connectivity index is 2.38. The van der Waals surface area contributed by atoms with Crippen molar-refractivity contribution in [3.8, 4) is 5.75 Å². The monoisotopic (exact) mass is 360 g/mol. The molecule has 10 nitrogen and oxygen atoms in total. The van der Waals surface area contributed by atoms with Gasteiger partial charge in [-0.05, 0) is 19.1 Å². The summed E-state index contributed by atoms with van der Waals surface area (Å²) in [5.41, 5.74) is -1.69. The Labute approximate surface area is 146 Å². The van der Waals surface area contributed by atoms with Crippen molar-refractivity contribution in [2.24, 2.45) is 0 Å².